The average molecular weight is 408 g/mol. The first-order valence-electron chi connectivity index (χ1n) is 10.2. The first kappa shape index (κ1) is 19.9. The number of ether oxygens (including phenoxy) is 1. The van der Waals surface area contributed by atoms with Crippen LogP contribution < -0.4 is 5.32 Å². The molecule has 2 aromatic carbocycles. The maximum Gasteiger partial charge on any atom is 0.407 e. The van der Waals surface area contributed by atoms with Crippen LogP contribution in [-0.4, -0.2) is 53.7 Å². The largest absolute Gasteiger partial charge is 0.481 e. The van der Waals surface area contributed by atoms with E-state index in [9.17, 15) is 14.4 Å². The van der Waals surface area contributed by atoms with Crippen molar-refractivity contribution in [2.24, 2.45) is 0 Å². The number of nitrogens with zero attached hydrogens (tertiary/aromatic N) is 1. The molecule has 2 aliphatic rings. The third-order valence-electron chi connectivity index (χ3n) is 5.75. The normalized spacial score (nSPS) is 15.5. The third-order valence-corrected chi connectivity index (χ3v) is 5.75. The molecule has 156 valence electrons. The van der Waals surface area contributed by atoms with Crippen molar-refractivity contribution in [3.63, 3.8) is 0 Å². The fourth-order valence-corrected chi connectivity index (χ4v) is 4.06. The molecule has 2 amide bonds. The first-order chi connectivity index (χ1) is 14.5. The standard InChI is InChI=1S/C23H24N2O5/c26-21(27)11-10-20(22(28)25-12-5-13-25)24-23(29)30-14-19-17-8-3-1-6-15(17)16-7-2-4-9-18(16)19/h1-4,6-9,19-20H,5,10-14H2,(H,24,29)(H,26,27). The highest BCUT2D eigenvalue weighted by atomic mass is 16.5. The van der Waals surface area contributed by atoms with E-state index in [0.29, 0.717) is 13.1 Å². The predicted octanol–water partition coefficient (Wildman–Crippen LogP) is 2.99. The summed E-state index contributed by atoms with van der Waals surface area (Å²) in [4.78, 5) is 37.5. The van der Waals surface area contributed by atoms with Gasteiger partial charge in [-0.05, 0) is 35.1 Å². The van der Waals surface area contributed by atoms with E-state index in [1.807, 2.05) is 36.4 Å². The highest BCUT2D eigenvalue weighted by molar-refractivity contribution is 5.86. The summed E-state index contributed by atoms with van der Waals surface area (Å²) in [5.41, 5.74) is 4.47. The van der Waals surface area contributed by atoms with Crippen LogP contribution in [0.15, 0.2) is 48.5 Å². The van der Waals surface area contributed by atoms with Crippen LogP contribution in [0.2, 0.25) is 0 Å². The van der Waals surface area contributed by atoms with Crippen molar-refractivity contribution in [2.75, 3.05) is 19.7 Å². The summed E-state index contributed by atoms with van der Waals surface area (Å²) in [7, 11) is 0. The molecule has 7 heteroatoms. The summed E-state index contributed by atoms with van der Waals surface area (Å²) in [6.45, 7) is 1.41. The summed E-state index contributed by atoms with van der Waals surface area (Å²) >= 11 is 0. The van der Waals surface area contributed by atoms with Gasteiger partial charge in [0.05, 0.1) is 0 Å². The number of hydrogen-bond donors (Lipinski definition) is 2. The van der Waals surface area contributed by atoms with Crippen molar-refractivity contribution in [3.05, 3.63) is 59.7 Å². The van der Waals surface area contributed by atoms with E-state index in [2.05, 4.69) is 17.4 Å². The molecular formula is C23H24N2O5. The van der Waals surface area contributed by atoms with Crippen molar-refractivity contribution in [1.82, 2.24) is 10.2 Å². The molecule has 0 bridgehead atoms. The van der Waals surface area contributed by atoms with Gasteiger partial charge in [0, 0.05) is 25.4 Å². The molecule has 7 nitrogen and oxygen atoms in total. The Balaban J connectivity index is 1.42. The van der Waals surface area contributed by atoms with E-state index in [0.717, 1.165) is 28.7 Å². The summed E-state index contributed by atoms with van der Waals surface area (Å²) in [5.74, 6) is -1.34. The summed E-state index contributed by atoms with van der Waals surface area (Å²) in [6, 6.07) is 15.2. The minimum Gasteiger partial charge on any atom is -0.481 e. The van der Waals surface area contributed by atoms with E-state index in [4.69, 9.17) is 9.84 Å². The molecule has 1 aliphatic heterocycles. The lowest BCUT2D eigenvalue weighted by molar-refractivity contribution is -0.139. The number of nitrogens with one attached hydrogen (secondary N) is 1. The van der Waals surface area contributed by atoms with Crippen molar-refractivity contribution < 1.29 is 24.2 Å². The quantitative estimate of drug-likeness (QED) is 0.734. The minimum atomic E-state index is -1.01. The smallest absolute Gasteiger partial charge is 0.407 e. The lowest BCUT2D eigenvalue weighted by atomic mass is 9.98. The fourth-order valence-electron chi connectivity index (χ4n) is 4.06. The van der Waals surface area contributed by atoms with Gasteiger partial charge < -0.3 is 20.1 Å². The summed E-state index contributed by atoms with van der Waals surface area (Å²) < 4.78 is 5.49. The highest BCUT2D eigenvalue weighted by Crippen LogP contribution is 2.44. The van der Waals surface area contributed by atoms with Gasteiger partial charge in [-0.25, -0.2) is 4.79 Å². The van der Waals surface area contributed by atoms with Crippen LogP contribution in [0.25, 0.3) is 11.1 Å². The van der Waals surface area contributed by atoms with Gasteiger partial charge in [-0.2, -0.15) is 0 Å². The maximum atomic E-state index is 12.5. The molecular weight excluding hydrogens is 384 g/mol. The number of alkyl carbamates (subject to hydrolysis) is 1. The second kappa shape index (κ2) is 8.57. The zero-order chi connectivity index (χ0) is 21.1. The molecule has 0 spiro atoms. The van der Waals surface area contributed by atoms with Crippen molar-refractivity contribution >= 4 is 18.0 Å². The van der Waals surface area contributed by atoms with Gasteiger partial charge in [-0.3, -0.25) is 9.59 Å². The summed E-state index contributed by atoms with van der Waals surface area (Å²) in [6.07, 6.45) is 0.0478. The van der Waals surface area contributed by atoms with Gasteiger partial charge in [0.2, 0.25) is 5.91 Å². The fraction of sp³-hybridized carbons (Fsp3) is 0.348. The van der Waals surface area contributed by atoms with E-state index < -0.39 is 18.1 Å². The van der Waals surface area contributed by atoms with Gasteiger partial charge in [-0.1, -0.05) is 48.5 Å². The average Bonchev–Trinajstić information content (AvgIpc) is 3.02. The molecule has 0 radical (unpaired) electrons. The number of carboxylic acid groups (broad SMARTS) is 1. The molecule has 1 saturated heterocycles. The Morgan fingerprint density at radius 2 is 1.63 bits per heavy atom. The number of rotatable bonds is 7. The zero-order valence-electron chi connectivity index (χ0n) is 16.5. The Morgan fingerprint density at radius 1 is 1.03 bits per heavy atom. The number of carboxylic acids is 1. The molecule has 0 aromatic heterocycles. The SMILES string of the molecule is O=C(O)CCC(NC(=O)OCC1c2ccccc2-c2ccccc21)C(=O)N1CCC1. The number of benzene rings is 2. The van der Waals surface area contributed by atoms with Crippen LogP contribution in [0.1, 0.15) is 36.3 Å². The van der Waals surface area contributed by atoms with Crippen LogP contribution in [0, 0.1) is 0 Å². The lowest BCUT2D eigenvalue weighted by Crippen LogP contribution is -2.53. The van der Waals surface area contributed by atoms with Gasteiger partial charge in [-0.15, -0.1) is 0 Å². The Kier molecular flexibility index (Phi) is 5.70. The van der Waals surface area contributed by atoms with Gasteiger partial charge in [0.15, 0.2) is 0 Å². The Labute approximate surface area is 174 Å². The number of aliphatic carboxylic acids is 1. The van der Waals surface area contributed by atoms with Crippen LogP contribution in [0.4, 0.5) is 4.79 Å². The molecule has 30 heavy (non-hydrogen) atoms. The number of amides is 2. The Hall–Kier alpha value is -3.35. The number of fused-ring (bicyclic) bond motifs is 3. The van der Waals surface area contributed by atoms with Crippen molar-refractivity contribution in [3.8, 4) is 11.1 Å². The molecule has 1 fully saturated rings. The van der Waals surface area contributed by atoms with E-state index in [1.165, 1.54) is 0 Å². The molecule has 1 unspecified atom stereocenters. The van der Waals surface area contributed by atoms with Crippen molar-refractivity contribution in [2.45, 2.75) is 31.2 Å². The van der Waals surface area contributed by atoms with Gasteiger partial charge in [0.1, 0.15) is 12.6 Å². The Bertz CT molecular complexity index is 924. The predicted molar refractivity (Wildman–Crippen MR) is 110 cm³/mol. The molecule has 2 aromatic rings. The lowest BCUT2D eigenvalue weighted by Gasteiger charge is -2.34. The van der Waals surface area contributed by atoms with Crippen LogP contribution >= 0.6 is 0 Å². The number of carbonyl (C=O) groups is 3. The summed E-state index contributed by atoms with van der Waals surface area (Å²) in [5, 5.41) is 11.5. The van der Waals surface area contributed by atoms with E-state index in [1.54, 1.807) is 4.90 Å². The molecule has 0 saturated carbocycles. The van der Waals surface area contributed by atoms with Crippen molar-refractivity contribution in [1.29, 1.82) is 0 Å². The van der Waals surface area contributed by atoms with Crippen LogP contribution in [0.5, 0.6) is 0 Å². The zero-order valence-corrected chi connectivity index (χ0v) is 16.5. The van der Waals surface area contributed by atoms with E-state index in [-0.39, 0.29) is 31.3 Å². The minimum absolute atomic E-state index is 0.0366. The second-order valence-electron chi connectivity index (χ2n) is 7.63. The number of hydrogen-bond acceptors (Lipinski definition) is 4. The molecule has 1 aliphatic carbocycles. The third kappa shape index (κ3) is 4.01. The maximum absolute atomic E-state index is 12.5. The topological polar surface area (TPSA) is 95.9 Å². The monoisotopic (exact) mass is 408 g/mol. The Morgan fingerprint density at radius 3 is 2.17 bits per heavy atom. The van der Waals surface area contributed by atoms with Gasteiger partial charge in [0.25, 0.3) is 0 Å². The number of carbonyl (C=O) groups excluding carboxylic acids is 2. The van der Waals surface area contributed by atoms with Gasteiger partial charge >= 0.3 is 12.1 Å². The van der Waals surface area contributed by atoms with E-state index >= 15 is 0 Å². The first-order valence-corrected chi connectivity index (χ1v) is 10.2. The molecule has 2 N–H and O–H groups in total. The van der Waals surface area contributed by atoms with Crippen LogP contribution in [-0.2, 0) is 14.3 Å². The highest BCUT2D eigenvalue weighted by Gasteiger charge is 2.32. The second-order valence-corrected chi connectivity index (χ2v) is 7.63. The molecule has 1 heterocycles. The molecule has 1 atom stereocenters. The molecule has 4 rings (SSSR count). The van der Waals surface area contributed by atoms with Crippen LogP contribution in [0.3, 0.4) is 0 Å². The number of likely N-dealkylation sites (tertiary alicyclic amines) is 1.